The minimum absolute atomic E-state index is 0.235. The van der Waals surface area contributed by atoms with Gasteiger partial charge in [0.25, 0.3) is 0 Å². The number of carboxylic acids is 2. The maximum Gasteiger partial charge on any atom is 0.303 e. The molecule has 0 spiro atoms. The first-order chi connectivity index (χ1) is 11.1. The largest absolute Gasteiger partial charge is 0.481 e. The Balaban J connectivity index is 3.44. The molecule has 0 saturated heterocycles. The summed E-state index contributed by atoms with van der Waals surface area (Å²) in [6.07, 6.45) is 22.7. The lowest BCUT2D eigenvalue weighted by atomic mass is 10.2. The van der Waals surface area contributed by atoms with Crippen LogP contribution in [0.3, 0.4) is 0 Å². The molecule has 0 aromatic carbocycles. The normalized spacial score (nSPS) is 12.2. The molecule has 0 aliphatic rings. The molecule has 0 unspecified atom stereocenters. The molecule has 0 amide bonds. The first kappa shape index (κ1) is 20.9. The molecule has 128 valence electrons. The van der Waals surface area contributed by atoms with Crippen LogP contribution in [0.5, 0.6) is 0 Å². The zero-order valence-electron chi connectivity index (χ0n) is 13.7. The zero-order valence-corrected chi connectivity index (χ0v) is 13.7. The van der Waals surface area contributed by atoms with Crippen molar-refractivity contribution in [2.24, 2.45) is 0 Å². The second kappa shape index (κ2) is 16.3. The van der Waals surface area contributed by atoms with Crippen molar-refractivity contribution in [2.45, 2.75) is 57.8 Å². The number of allylic oxidation sites excluding steroid dienone is 8. The van der Waals surface area contributed by atoms with Gasteiger partial charge in [-0.3, -0.25) is 9.59 Å². The average molecular weight is 320 g/mol. The van der Waals surface area contributed by atoms with E-state index in [1.54, 1.807) is 0 Å². The van der Waals surface area contributed by atoms with E-state index in [0.717, 1.165) is 32.1 Å². The summed E-state index contributed by atoms with van der Waals surface area (Å²) in [5.41, 5.74) is 0. The monoisotopic (exact) mass is 320 g/mol. The van der Waals surface area contributed by atoms with Crippen LogP contribution >= 0.6 is 0 Å². The highest BCUT2D eigenvalue weighted by molar-refractivity contribution is 5.66. The summed E-state index contributed by atoms with van der Waals surface area (Å²) in [6.45, 7) is 0. The molecule has 0 radical (unpaired) electrons. The first-order valence-electron chi connectivity index (χ1n) is 8.16. The standard InChI is InChI=1S/C19H28O4/c20-18(21)16-14-12-10-8-6-4-2-1-3-5-7-9-11-13-15-17-19(22)23/h2-5,8-11H,1,6-7,12-17H2,(H,20,21)(H,22,23). The molecule has 0 bridgehead atoms. The van der Waals surface area contributed by atoms with E-state index in [1.165, 1.54) is 0 Å². The molecule has 0 aliphatic carbocycles. The van der Waals surface area contributed by atoms with Gasteiger partial charge in [-0.15, -0.1) is 0 Å². The fourth-order valence-corrected chi connectivity index (χ4v) is 1.79. The van der Waals surface area contributed by atoms with Crippen LogP contribution in [0, 0.1) is 0 Å². The predicted octanol–water partition coefficient (Wildman–Crippen LogP) is 4.89. The minimum Gasteiger partial charge on any atom is -0.481 e. The van der Waals surface area contributed by atoms with Crippen LogP contribution in [-0.4, -0.2) is 22.2 Å². The summed E-state index contributed by atoms with van der Waals surface area (Å²) >= 11 is 0. The van der Waals surface area contributed by atoms with E-state index in [2.05, 4.69) is 36.5 Å². The van der Waals surface area contributed by atoms with E-state index in [4.69, 9.17) is 10.2 Å². The summed E-state index contributed by atoms with van der Waals surface area (Å²) in [4.78, 5) is 20.6. The second-order valence-electron chi connectivity index (χ2n) is 5.16. The quantitative estimate of drug-likeness (QED) is 0.353. The van der Waals surface area contributed by atoms with Gasteiger partial charge in [-0.25, -0.2) is 0 Å². The Morgan fingerprint density at radius 3 is 1.17 bits per heavy atom. The number of hydrogen-bond acceptors (Lipinski definition) is 2. The third kappa shape index (κ3) is 19.9. The highest BCUT2D eigenvalue weighted by Gasteiger charge is 1.93. The first-order valence-corrected chi connectivity index (χ1v) is 8.16. The van der Waals surface area contributed by atoms with Crippen LogP contribution in [0.1, 0.15) is 57.8 Å². The Labute approximate surface area is 138 Å². The van der Waals surface area contributed by atoms with Gasteiger partial charge in [0, 0.05) is 12.8 Å². The van der Waals surface area contributed by atoms with Crippen molar-refractivity contribution in [1.29, 1.82) is 0 Å². The molecule has 4 nitrogen and oxygen atoms in total. The zero-order chi connectivity index (χ0) is 17.2. The van der Waals surface area contributed by atoms with Gasteiger partial charge in [0.15, 0.2) is 0 Å². The maximum absolute atomic E-state index is 10.3. The van der Waals surface area contributed by atoms with Crippen molar-refractivity contribution in [3.63, 3.8) is 0 Å². The number of aliphatic carboxylic acids is 2. The van der Waals surface area contributed by atoms with Crippen molar-refractivity contribution in [1.82, 2.24) is 0 Å². The molecule has 0 saturated carbocycles. The maximum atomic E-state index is 10.3. The number of hydrogen-bond donors (Lipinski definition) is 2. The summed E-state index contributed by atoms with van der Waals surface area (Å²) in [7, 11) is 0. The topological polar surface area (TPSA) is 74.6 Å². The van der Waals surface area contributed by atoms with Gasteiger partial charge in [0.1, 0.15) is 0 Å². The molecule has 0 atom stereocenters. The summed E-state index contributed by atoms with van der Waals surface area (Å²) in [6, 6.07) is 0. The molecule has 0 aromatic rings. The van der Waals surface area contributed by atoms with Crippen LogP contribution in [0.4, 0.5) is 0 Å². The van der Waals surface area contributed by atoms with Gasteiger partial charge in [-0.2, -0.15) is 0 Å². The Bertz CT molecular complexity index is 391. The molecular weight excluding hydrogens is 292 g/mol. The van der Waals surface area contributed by atoms with Crippen molar-refractivity contribution in [2.75, 3.05) is 0 Å². The van der Waals surface area contributed by atoms with Gasteiger partial charge in [-0.1, -0.05) is 48.6 Å². The van der Waals surface area contributed by atoms with Crippen molar-refractivity contribution in [3.05, 3.63) is 48.6 Å². The number of unbranched alkanes of at least 4 members (excludes halogenated alkanes) is 2. The highest BCUT2D eigenvalue weighted by Crippen LogP contribution is 2.00. The van der Waals surface area contributed by atoms with E-state index in [0.29, 0.717) is 12.8 Å². The van der Waals surface area contributed by atoms with E-state index in [9.17, 15) is 9.59 Å². The van der Waals surface area contributed by atoms with E-state index in [-0.39, 0.29) is 12.8 Å². The average Bonchev–Trinajstić information content (AvgIpc) is 2.49. The molecule has 23 heavy (non-hydrogen) atoms. The number of carboxylic acid groups (broad SMARTS) is 2. The lowest BCUT2D eigenvalue weighted by molar-refractivity contribution is -0.138. The molecule has 0 aromatic heterocycles. The molecule has 2 N–H and O–H groups in total. The highest BCUT2D eigenvalue weighted by atomic mass is 16.4. The molecule has 0 rings (SSSR count). The van der Waals surface area contributed by atoms with Crippen LogP contribution in [0.2, 0.25) is 0 Å². The van der Waals surface area contributed by atoms with Gasteiger partial charge in [0.05, 0.1) is 0 Å². The second-order valence-corrected chi connectivity index (χ2v) is 5.16. The molecule has 0 heterocycles. The van der Waals surface area contributed by atoms with Crippen LogP contribution in [-0.2, 0) is 9.59 Å². The van der Waals surface area contributed by atoms with E-state index < -0.39 is 11.9 Å². The minimum atomic E-state index is -0.736. The number of rotatable bonds is 14. The van der Waals surface area contributed by atoms with E-state index in [1.807, 2.05) is 12.2 Å². The molecule has 0 fully saturated rings. The molecule has 4 heteroatoms. The molecular formula is C19H28O4. The smallest absolute Gasteiger partial charge is 0.303 e. The van der Waals surface area contributed by atoms with Gasteiger partial charge < -0.3 is 10.2 Å². The lowest BCUT2D eigenvalue weighted by Gasteiger charge is -1.90. The molecule has 0 aliphatic heterocycles. The van der Waals surface area contributed by atoms with Gasteiger partial charge >= 0.3 is 11.9 Å². The lowest BCUT2D eigenvalue weighted by Crippen LogP contribution is -1.92. The van der Waals surface area contributed by atoms with E-state index >= 15 is 0 Å². The fraction of sp³-hybridized carbons (Fsp3) is 0.474. The van der Waals surface area contributed by atoms with Crippen molar-refractivity contribution < 1.29 is 19.8 Å². The number of carbonyl (C=O) groups is 2. The van der Waals surface area contributed by atoms with Crippen molar-refractivity contribution in [3.8, 4) is 0 Å². The fourth-order valence-electron chi connectivity index (χ4n) is 1.79. The van der Waals surface area contributed by atoms with Crippen LogP contribution in [0.25, 0.3) is 0 Å². The van der Waals surface area contributed by atoms with Crippen LogP contribution < -0.4 is 0 Å². The Morgan fingerprint density at radius 2 is 0.870 bits per heavy atom. The third-order valence-electron chi connectivity index (χ3n) is 3.01. The third-order valence-corrected chi connectivity index (χ3v) is 3.01. The predicted molar refractivity (Wildman–Crippen MR) is 93.4 cm³/mol. The van der Waals surface area contributed by atoms with Crippen LogP contribution in [0.15, 0.2) is 48.6 Å². The van der Waals surface area contributed by atoms with Gasteiger partial charge in [0.2, 0.25) is 0 Å². The Hall–Kier alpha value is -2.10. The summed E-state index contributed by atoms with van der Waals surface area (Å²) < 4.78 is 0. The summed E-state index contributed by atoms with van der Waals surface area (Å²) in [5, 5.41) is 17.0. The van der Waals surface area contributed by atoms with Crippen molar-refractivity contribution >= 4 is 11.9 Å². The summed E-state index contributed by atoms with van der Waals surface area (Å²) in [5.74, 6) is -1.47. The van der Waals surface area contributed by atoms with Gasteiger partial charge in [-0.05, 0) is 44.9 Å². The Morgan fingerprint density at radius 1 is 0.565 bits per heavy atom. The SMILES string of the molecule is O=C(O)CCCC=CCC=CCC=CCC=CCCCC(=O)O. The Kier molecular flexibility index (Phi) is 14.8.